The van der Waals surface area contributed by atoms with E-state index in [9.17, 15) is 0 Å². The van der Waals surface area contributed by atoms with Crippen LogP contribution in [0.3, 0.4) is 0 Å². The van der Waals surface area contributed by atoms with Gasteiger partial charge in [-0.05, 0) is 39.9 Å². The van der Waals surface area contributed by atoms with E-state index in [1.165, 1.54) is 0 Å². The number of hydrogen-bond acceptors (Lipinski definition) is 2. The minimum atomic E-state index is 0.193. The Labute approximate surface area is 96.7 Å². The number of piperidine rings is 1. The van der Waals surface area contributed by atoms with Gasteiger partial charge >= 0.3 is 0 Å². The van der Waals surface area contributed by atoms with Crippen LogP contribution >= 0.6 is 12.2 Å². The fourth-order valence-corrected chi connectivity index (χ4v) is 2.53. The van der Waals surface area contributed by atoms with Crippen LogP contribution in [0.15, 0.2) is 5.10 Å². The van der Waals surface area contributed by atoms with Crippen molar-refractivity contribution in [3.63, 3.8) is 0 Å². The molecule has 0 aromatic heterocycles. The smallest absolute Gasteiger partial charge is 0.184 e. The largest absolute Gasteiger partial charge is 0.375 e. The molecule has 86 valence electrons. The van der Waals surface area contributed by atoms with Crippen molar-refractivity contribution < 1.29 is 5.32 Å². The normalized spacial score (nSPS) is 23.3. The second kappa shape index (κ2) is 4.06. The molecule has 15 heavy (non-hydrogen) atoms. The molecular formula is C10H21N4S+. The predicted octanol–water partition coefficient (Wildman–Crippen LogP) is 0.0900. The third kappa shape index (κ3) is 4.13. The van der Waals surface area contributed by atoms with E-state index >= 15 is 0 Å². The van der Waals surface area contributed by atoms with Crippen LogP contribution in [0.1, 0.15) is 40.5 Å². The van der Waals surface area contributed by atoms with Crippen LogP contribution in [-0.4, -0.2) is 21.9 Å². The lowest BCUT2D eigenvalue weighted by molar-refractivity contribution is -0.780. The van der Waals surface area contributed by atoms with E-state index in [4.69, 9.17) is 18.0 Å². The maximum absolute atomic E-state index is 5.35. The molecule has 0 aromatic carbocycles. The first-order valence-corrected chi connectivity index (χ1v) is 5.59. The molecule has 0 aliphatic carbocycles. The Kier molecular flexibility index (Phi) is 3.35. The summed E-state index contributed by atoms with van der Waals surface area (Å²) in [5.74, 6) is 0. The van der Waals surface area contributed by atoms with E-state index in [0.717, 1.165) is 18.6 Å². The zero-order chi connectivity index (χ0) is 11.7. The quantitative estimate of drug-likeness (QED) is 0.441. The summed E-state index contributed by atoms with van der Waals surface area (Å²) >= 11 is 4.73. The summed E-state index contributed by atoms with van der Waals surface area (Å²) in [6.45, 7) is 8.91. The summed E-state index contributed by atoms with van der Waals surface area (Å²) in [5.41, 5.74) is 9.55. The van der Waals surface area contributed by atoms with Crippen LogP contribution in [0, 0.1) is 0 Å². The van der Waals surface area contributed by atoms with Crippen molar-refractivity contribution in [1.29, 1.82) is 0 Å². The van der Waals surface area contributed by atoms with Gasteiger partial charge in [0.25, 0.3) is 0 Å². The van der Waals surface area contributed by atoms with E-state index < -0.39 is 0 Å². The molecule has 1 fully saturated rings. The lowest BCUT2D eigenvalue weighted by Crippen LogP contribution is -3.05. The van der Waals surface area contributed by atoms with Crippen LogP contribution in [0.25, 0.3) is 0 Å². The highest BCUT2D eigenvalue weighted by Gasteiger charge is 2.39. The van der Waals surface area contributed by atoms with Gasteiger partial charge < -0.3 is 11.1 Å². The van der Waals surface area contributed by atoms with Crippen molar-refractivity contribution in [1.82, 2.24) is 5.43 Å². The van der Waals surface area contributed by atoms with Gasteiger partial charge in [0.2, 0.25) is 0 Å². The van der Waals surface area contributed by atoms with Gasteiger partial charge in [-0.25, -0.2) is 0 Å². The summed E-state index contributed by atoms with van der Waals surface area (Å²) in [6, 6.07) is 0. The Morgan fingerprint density at radius 3 is 2.20 bits per heavy atom. The zero-order valence-corrected chi connectivity index (χ0v) is 10.7. The van der Waals surface area contributed by atoms with Crippen LogP contribution in [0.4, 0.5) is 0 Å². The number of nitrogens with two attached hydrogens (primary N) is 2. The van der Waals surface area contributed by atoms with Crippen molar-refractivity contribution >= 4 is 23.0 Å². The minimum Gasteiger partial charge on any atom is -0.375 e. The summed E-state index contributed by atoms with van der Waals surface area (Å²) < 4.78 is 0. The molecule has 0 amide bonds. The van der Waals surface area contributed by atoms with Crippen molar-refractivity contribution in [2.24, 2.45) is 10.8 Å². The Morgan fingerprint density at radius 1 is 1.33 bits per heavy atom. The summed E-state index contributed by atoms with van der Waals surface area (Å²) in [7, 11) is 0. The molecule has 0 unspecified atom stereocenters. The maximum Gasteiger partial charge on any atom is 0.184 e. The molecule has 0 atom stereocenters. The standard InChI is InChI=1S/C10H20N4S/c1-9(2)5-7(12-13-8(11)15)6-10(3,4)14-9/h14H,5-6H2,1-4H3,(H3,11,13,15)/p+1. The molecule has 0 aromatic rings. The van der Waals surface area contributed by atoms with Gasteiger partial charge in [0.1, 0.15) is 0 Å². The summed E-state index contributed by atoms with van der Waals surface area (Å²) in [6.07, 6.45) is 1.93. The van der Waals surface area contributed by atoms with Gasteiger partial charge in [0.05, 0.1) is 16.8 Å². The number of nitrogens with zero attached hydrogens (tertiary/aromatic N) is 1. The molecule has 4 nitrogen and oxygen atoms in total. The highest BCUT2D eigenvalue weighted by Crippen LogP contribution is 2.18. The molecule has 1 rings (SSSR count). The second-order valence-electron chi connectivity index (χ2n) is 5.63. The summed E-state index contributed by atoms with van der Waals surface area (Å²) in [4.78, 5) is 0. The van der Waals surface area contributed by atoms with Crippen molar-refractivity contribution in [2.75, 3.05) is 0 Å². The number of nitrogens with one attached hydrogen (secondary N) is 1. The fourth-order valence-electron chi connectivity index (χ4n) is 2.49. The number of rotatable bonds is 1. The Bertz CT molecular complexity index is 276. The minimum absolute atomic E-state index is 0.193. The third-order valence-corrected chi connectivity index (χ3v) is 2.52. The lowest BCUT2D eigenvalue weighted by Gasteiger charge is -2.39. The maximum atomic E-state index is 5.35. The number of quaternary nitrogens is 1. The van der Waals surface area contributed by atoms with Crippen LogP contribution in [0.2, 0.25) is 0 Å². The highest BCUT2D eigenvalue weighted by molar-refractivity contribution is 7.80. The lowest BCUT2D eigenvalue weighted by atomic mass is 9.81. The Morgan fingerprint density at radius 2 is 1.80 bits per heavy atom. The fraction of sp³-hybridized carbons (Fsp3) is 0.800. The van der Waals surface area contributed by atoms with E-state index in [-0.39, 0.29) is 16.2 Å². The predicted molar refractivity (Wildman–Crippen MR) is 66.7 cm³/mol. The molecule has 0 radical (unpaired) electrons. The average molecular weight is 229 g/mol. The van der Waals surface area contributed by atoms with Crippen LogP contribution < -0.4 is 16.5 Å². The van der Waals surface area contributed by atoms with E-state index in [1.54, 1.807) is 0 Å². The molecule has 1 saturated heterocycles. The molecule has 0 spiro atoms. The molecule has 1 aliphatic rings. The Hall–Kier alpha value is -0.680. The van der Waals surface area contributed by atoms with Gasteiger partial charge in [0.15, 0.2) is 5.11 Å². The number of hydrazone groups is 1. The van der Waals surface area contributed by atoms with Crippen molar-refractivity contribution in [3.05, 3.63) is 0 Å². The molecular weight excluding hydrogens is 208 g/mol. The van der Waals surface area contributed by atoms with Gasteiger partial charge in [-0.15, -0.1) is 0 Å². The molecule has 1 heterocycles. The SMILES string of the molecule is CC1(C)CC(=NNC(N)=S)CC(C)(C)[NH2+]1. The first-order chi connectivity index (χ1) is 6.70. The molecule has 5 heteroatoms. The van der Waals surface area contributed by atoms with E-state index in [1.807, 2.05) is 0 Å². The molecule has 0 saturated carbocycles. The average Bonchev–Trinajstić information content (AvgIpc) is 1.94. The molecule has 5 N–H and O–H groups in total. The first-order valence-electron chi connectivity index (χ1n) is 5.18. The molecule has 1 aliphatic heterocycles. The van der Waals surface area contributed by atoms with Crippen LogP contribution in [0.5, 0.6) is 0 Å². The van der Waals surface area contributed by atoms with E-state index in [2.05, 4.69) is 43.5 Å². The monoisotopic (exact) mass is 229 g/mol. The van der Waals surface area contributed by atoms with Crippen molar-refractivity contribution in [3.8, 4) is 0 Å². The summed E-state index contributed by atoms with van der Waals surface area (Å²) in [5, 5.41) is 6.89. The third-order valence-electron chi connectivity index (χ3n) is 2.43. The van der Waals surface area contributed by atoms with Crippen molar-refractivity contribution in [2.45, 2.75) is 51.6 Å². The Balaban J connectivity index is 2.75. The highest BCUT2D eigenvalue weighted by atomic mass is 32.1. The molecule has 0 bridgehead atoms. The zero-order valence-electron chi connectivity index (χ0n) is 9.92. The van der Waals surface area contributed by atoms with Gasteiger partial charge in [-0.2, -0.15) is 5.10 Å². The number of thiocarbonyl (C=S) groups is 1. The van der Waals surface area contributed by atoms with Gasteiger partial charge in [0, 0.05) is 12.8 Å². The van der Waals surface area contributed by atoms with Crippen LogP contribution in [-0.2, 0) is 0 Å². The van der Waals surface area contributed by atoms with Gasteiger partial charge in [-0.3, -0.25) is 5.43 Å². The number of hydrogen-bond donors (Lipinski definition) is 3. The first kappa shape index (κ1) is 12.4. The topological polar surface area (TPSA) is 67.0 Å². The second-order valence-corrected chi connectivity index (χ2v) is 6.07. The van der Waals surface area contributed by atoms with Gasteiger partial charge in [-0.1, -0.05) is 0 Å². The van der Waals surface area contributed by atoms with E-state index in [0.29, 0.717) is 0 Å².